The fourth-order valence-electron chi connectivity index (χ4n) is 2.45. The van der Waals surface area contributed by atoms with Crippen molar-refractivity contribution >= 4 is 39.7 Å². The van der Waals surface area contributed by atoms with E-state index < -0.39 is 0 Å². The molecule has 1 heterocycles. The number of aromatic nitrogens is 2. The monoisotopic (exact) mass is 333 g/mol. The summed E-state index contributed by atoms with van der Waals surface area (Å²) in [4.78, 5) is 11.9. The van der Waals surface area contributed by atoms with E-state index >= 15 is 0 Å². The minimum Gasteiger partial charge on any atom is -0.330 e. The van der Waals surface area contributed by atoms with Crippen LogP contribution in [0.3, 0.4) is 0 Å². The molecule has 1 aromatic carbocycles. The second kappa shape index (κ2) is 7.24. The first-order valence-corrected chi connectivity index (χ1v) is 9.33. The molecule has 1 aliphatic carbocycles. The van der Waals surface area contributed by atoms with Crippen LogP contribution in [0.5, 0.6) is 0 Å². The Hall–Kier alpha value is -1.40. The number of benzene rings is 1. The van der Waals surface area contributed by atoms with Crippen molar-refractivity contribution in [3.8, 4) is 0 Å². The van der Waals surface area contributed by atoms with Gasteiger partial charge < -0.3 is 5.32 Å². The van der Waals surface area contributed by atoms with E-state index in [2.05, 4.69) is 46.7 Å². The minimum atomic E-state index is 0.0680. The Morgan fingerprint density at radius 3 is 2.82 bits per heavy atom. The van der Waals surface area contributed by atoms with Gasteiger partial charge in [-0.15, -0.1) is 10.2 Å². The Kier molecular flexibility index (Phi) is 5.10. The third-order valence-corrected chi connectivity index (χ3v) is 6.00. The first kappa shape index (κ1) is 15.5. The zero-order valence-electron chi connectivity index (χ0n) is 12.5. The first-order valence-electron chi connectivity index (χ1n) is 7.63. The molecule has 0 bridgehead atoms. The van der Waals surface area contributed by atoms with Gasteiger partial charge in [-0.25, -0.2) is 0 Å². The SMILES string of the molecule is CCc1ccc(Nc2nnc(SC3CCCCC3=O)s2)cc1. The highest BCUT2D eigenvalue weighted by molar-refractivity contribution is 8.02. The molecule has 1 atom stereocenters. The lowest BCUT2D eigenvalue weighted by Gasteiger charge is -2.17. The van der Waals surface area contributed by atoms with Gasteiger partial charge in [-0.05, 0) is 37.0 Å². The van der Waals surface area contributed by atoms with E-state index in [0.29, 0.717) is 12.2 Å². The molecule has 116 valence electrons. The lowest BCUT2D eigenvalue weighted by atomic mass is 9.99. The standard InChI is InChI=1S/C16H19N3OS2/c1-2-11-7-9-12(10-8-11)17-15-18-19-16(22-15)21-14-6-4-3-5-13(14)20/h7-10,14H,2-6H2,1H3,(H,17,18). The van der Waals surface area contributed by atoms with E-state index in [9.17, 15) is 4.79 Å². The number of anilines is 2. The van der Waals surface area contributed by atoms with E-state index in [0.717, 1.165) is 40.8 Å². The van der Waals surface area contributed by atoms with Crippen LogP contribution in [0.2, 0.25) is 0 Å². The van der Waals surface area contributed by atoms with Crippen molar-refractivity contribution in [3.05, 3.63) is 29.8 Å². The highest BCUT2D eigenvalue weighted by Gasteiger charge is 2.24. The molecule has 0 saturated heterocycles. The fourth-order valence-corrected chi connectivity index (χ4v) is 4.59. The Bertz CT molecular complexity index is 639. The third-order valence-electron chi connectivity index (χ3n) is 3.76. The lowest BCUT2D eigenvalue weighted by molar-refractivity contribution is -0.119. The summed E-state index contributed by atoms with van der Waals surface area (Å²) in [6, 6.07) is 8.33. The van der Waals surface area contributed by atoms with Crippen molar-refractivity contribution in [2.24, 2.45) is 0 Å². The predicted molar refractivity (Wildman–Crippen MR) is 92.1 cm³/mol. The molecule has 1 fully saturated rings. The summed E-state index contributed by atoms with van der Waals surface area (Å²) < 4.78 is 0.868. The number of carbonyl (C=O) groups excluding carboxylic acids is 1. The normalized spacial score (nSPS) is 18.4. The van der Waals surface area contributed by atoms with E-state index in [4.69, 9.17) is 0 Å². The van der Waals surface area contributed by atoms with Gasteiger partial charge in [0.1, 0.15) is 5.78 Å². The molecule has 2 aromatic rings. The second-order valence-corrected chi connectivity index (χ2v) is 7.79. The number of nitrogens with one attached hydrogen (secondary N) is 1. The topological polar surface area (TPSA) is 54.9 Å². The molecule has 0 amide bonds. The molecule has 1 saturated carbocycles. The maximum Gasteiger partial charge on any atom is 0.210 e. The van der Waals surface area contributed by atoms with Crippen molar-refractivity contribution in [1.29, 1.82) is 0 Å². The molecular formula is C16H19N3OS2. The Labute approximate surface area is 138 Å². The molecule has 6 heteroatoms. The molecule has 3 rings (SSSR count). The Morgan fingerprint density at radius 2 is 2.09 bits per heavy atom. The van der Waals surface area contributed by atoms with Gasteiger partial charge in [-0.3, -0.25) is 4.79 Å². The van der Waals surface area contributed by atoms with Crippen LogP contribution in [0.25, 0.3) is 0 Å². The molecule has 1 aromatic heterocycles. The number of carbonyl (C=O) groups is 1. The number of thioether (sulfide) groups is 1. The molecule has 1 aliphatic rings. The van der Waals surface area contributed by atoms with Crippen LogP contribution in [-0.4, -0.2) is 21.2 Å². The van der Waals surface area contributed by atoms with E-state index in [1.54, 1.807) is 11.8 Å². The summed E-state index contributed by atoms with van der Waals surface area (Å²) in [7, 11) is 0. The molecule has 22 heavy (non-hydrogen) atoms. The summed E-state index contributed by atoms with van der Waals surface area (Å²) in [5, 5.41) is 12.5. The van der Waals surface area contributed by atoms with Crippen molar-refractivity contribution in [2.45, 2.75) is 48.6 Å². The van der Waals surface area contributed by atoms with Crippen LogP contribution in [0, 0.1) is 0 Å². The number of ketones is 1. The lowest BCUT2D eigenvalue weighted by Crippen LogP contribution is -2.21. The largest absolute Gasteiger partial charge is 0.330 e. The summed E-state index contributed by atoms with van der Waals surface area (Å²) >= 11 is 3.08. The Morgan fingerprint density at radius 1 is 1.27 bits per heavy atom. The highest BCUT2D eigenvalue weighted by atomic mass is 32.2. The van der Waals surface area contributed by atoms with Crippen molar-refractivity contribution in [2.75, 3.05) is 5.32 Å². The quantitative estimate of drug-likeness (QED) is 0.876. The first-order chi connectivity index (χ1) is 10.7. The van der Waals surface area contributed by atoms with Gasteiger partial charge >= 0.3 is 0 Å². The van der Waals surface area contributed by atoms with Gasteiger partial charge in [0.05, 0.1) is 5.25 Å². The molecule has 0 spiro atoms. The van der Waals surface area contributed by atoms with Crippen LogP contribution in [0.1, 0.15) is 38.2 Å². The second-order valence-electron chi connectivity index (χ2n) is 5.37. The van der Waals surface area contributed by atoms with E-state index in [-0.39, 0.29) is 5.25 Å². The third kappa shape index (κ3) is 3.87. The average Bonchev–Trinajstić information content (AvgIpc) is 2.97. The summed E-state index contributed by atoms with van der Waals surface area (Å²) in [5.41, 5.74) is 2.33. The van der Waals surface area contributed by atoms with Crippen LogP contribution in [0.15, 0.2) is 28.6 Å². The number of hydrogen-bond donors (Lipinski definition) is 1. The van der Waals surface area contributed by atoms with Crippen molar-refractivity contribution in [1.82, 2.24) is 10.2 Å². The van der Waals surface area contributed by atoms with Gasteiger partial charge in [-0.1, -0.05) is 48.6 Å². The van der Waals surface area contributed by atoms with Gasteiger partial charge in [0.25, 0.3) is 0 Å². The van der Waals surface area contributed by atoms with Crippen LogP contribution in [0.4, 0.5) is 10.8 Å². The number of rotatable bonds is 5. The molecule has 0 aliphatic heterocycles. The zero-order valence-corrected chi connectivity index (χ0v) is 14.2. The van der Waals surface area contributed by atoms with Crippen LogP contribution >= 0.6 is 23.1 Å². The predicted octanol–water partition coefficient (Wildman–Crippen LogP) is 4.45. The summed E-state index contributed by atoms with van der Waals surface area (Å²) in [6.45, 7) is 2.14. The van der Waals surface area contributed by atoms with E-state index in [1.165, 1.54) is 16.9 Å². The maximum atomic E-state index is 11.9. The molecule has 4 nitrogen and oxygen atoms in total. The van der Waals surface area contributed by atoms with Crippen LogP contribution in [-0.2, 0) is 11.2 Å². The van der Waals surface area contributed by atoms with Gasteiger partial charge in [-0.2, -0.15) is 0 Å². The minimum absolute atomic E-state index is 0.0680. The van der Waals surface area contributed by atoms with Gasteiger partial charge in [0.2, 0.25) is 5.13 Å². The van der Waals surface area contributed by atoms with Crippen molar-refractivity contribution < 1.29 is 4.79 Å². The number of nitrogens with zero attached hydrogens (tertiary/aromatic N) is 2. The number of hydrogen-bond acceptors (Lipinski definition) is 6. The number of Topliss-reactive ketones (excluding diaryl/α,β-unsaturated/α-hetero) is 1. The van der Waals surface area contributed by atoms with Crippen molar-refractivity contribution in [3.63, 3.8) is 0 Å². The van der Waals surface area contributed by atoms with Crippen LogP contribution < -0.4 is 5.32 Å². The molecule has 1 unspecified atom stereocenters. The molecular weight excluding hydrogens is 314 g/mol. The summed E-state index contributed by atoms with van der Waals surface area (Å²) in [6.07, 6.45) is 4.88. The Balaban J connectivity index is 1.61. The highest BCUT2D eigenvalue weighted by Crippen LogP contribution is 2.35. The zero-order chi connectivity index (χ0) is 15.4. The smallest absolute Gasteiger partial charge is 0.210 e. The maximum absolute atomic E-state index is 11.9. The summed E-state index contributed by atoms with van der Waals surface area (Å²) in [5.74, 6) is 0.358. The fraction of sp³-hybridized carbons (Fsp3) is 0.438. The average molecular weight is 333 g/mol. The van der Waals surface area contributed by atoms with Gasteiger partial charge in [0, 0.05) is 12.1 Å². The van der Waals surface area contributed by atoms with E-state index in [1.807, 2.05) is 0 Å². The molecule has 0 radical (unpaired) electrons. The molecule has 1 N–H and O–H groups in total. The number of aryl methyl sites for hydroxylation is 1. The van der Waals surface area contributed by atoms with Gasteiger partial charge in [0.15, 0.2) is 4.34 Å².